The van der Waals surface area contributed by atoms with Crippen LogP contribution in [0.1, 0.15) is 5.56 Å². The minimum Gasteiger partial charge on any atom is -0.507 e. The van der Waals surface area contributed by atoms with Crippen LogP contribution < -0.4 is 0 Å². The maximum Gasteiger partial charge on any atom is 0.195 e. The van der Waals surface area contributed by atoms with E-state index >= 15 is 0 Å². The van der Waals surface area contributed by atoms with Crippen molar-refractivity contribution in [2.24, 2.45) is 0 Å². The molecule has 0 bridgehead atoms. The summed E-state index contributed by atoms with van der Waals surface area (Å²) < 4.78 is 26.7. The largest absolute Gasteiger partial charge is 0.507 e. The molecule has 5 heteroatoms. The number of nitrogens with one attached hydrogen (secondary N) is 1. The molecule has 3 nitrogen and oxygen atoms in total. The molecule has 0 aliphatic rings. The van der Waals surface area contributed by atoms with Crippen molar-refractivity contribution in [3.63, 3.8) is 0 Å². The topological polar surface area (TPSA) is 39.3 Å². The number of aromatic hydroxyl groups is 1. The van der Waals surface area contributed by atoms with Crippen LogP contribution in [0.3, 0.4) is 0 Å². The Kier molecular flexibility index (Phi) is 3.02. The number of phenols is 1. The van der Waals surface area contributed by atoms with Gasteiger partial charge >= 0.3 is 0 Å². The summed E-state index contributed by atoms with van der Waals surface area (Å²) in [4.78, 5) is 4.36. The van der Waals surface area contributed by atoms with Crippen LogP contribution in [0, 0.1) is 11.8 Å². The molecule has 0 saturated heterocycles. The number of likely N-dealkylation sites (N-methyl/N-ethyl adjacent to an activating group) is 1. The van der Waals surface area contributed by atoms with Crippen molar-refractivity contribution in [3.8, 4) is 5.75 Å². The molecule has 1 aromatic heterocycles. The first kappa shape index (κ1) is 11.9. The second-order valence-electron chi connectivity index (χ2n) is 4.32. The van der Waals surface area contributed by atoms with Crippen molar-refractivity contribution < 1.29 is 13.9 Å². The second-order valence-corrected chi connectivity index (χ2v) is 4.32. The number of halogens is 2. The minimum absolute atomic E-state index is 0.228. The first-order chi connectivity index (χ1) is 7.99. The zero-order valence-electron chi connectivity index (χ0n) is 9.72. The second kappa shape index (κ2) is 4.33. The van der Waals surface area contributed by atoms with Crippen LogP contribution in [0.2, 0.25) is 0 Å². The Bertz CT molecular complexity index is 549. The summed E-state index contributed by atoms with van der Waals surface area (Å²) in [7, 11) is 3.76. The minimum atomic E-state index is -0.588. The highest BCUT2D eigenvalue weighted by Crippen LogP contribution is 2.31. The van der Waals surface area contributed by atoms with E-state index in [0.717, 1.165) is 6.07 Å². The maximum absolute atomic E-state index is 13.7. The highest BCUT2D eigenvalue weighted by Gasteiger charge is 2.15. The zero-order chi connectivity index (χ0) is 12.6. The van der Waals surface area contributed by atoms with E-state index in [1.165, 1.54) is 6.07 Å². The summed E-state index contributed by atoms with van der Waals surface area (Å²) in [6.07, 6.45) is 0.456. The number of phenolic OH excluding ortho intramolecular Hbond substituents is 1. The number of rotatable bonds is 3. The third-order valence-electron chi connectivity index (χ3n) is 2.70. The average molecular weight is 240 g/mol. The molecule has 0 amide bonds. The number of hydrogen-bond acceptors (Lipinski definition) is 2. The number of H-pyrrole nitrogens is 1. The van der Waals surface area contributed by atoms with Crippen LogP contribution in [-0.2, 0) is 6.42 Å². The molecule has 0 atom stereocenters. The van der Waals surface area contributed by atoms with E-state index < -0.39 is 11.8 Å². The van der Waals surface area contributed by atoms with Crippen LogP contribution in [0.5, 0.6) is 5.75 Å². The van der Waals surface area contributed by atoms with Gasteiger partial charge in [-0.15, -0.1) is 0 Å². The van der Waals surface area contributed by atoms with Gasteiger partial charge in [0.1, 0.15) is 11.6 Å². The molecule has 0 aliphatic heterocycles. The van der Waals surface area contributed by atoms with Crippen LogP contribution >= 0.6 is 0 Å². The van der Waals surface area contributed by atoms with Gasteiger partial charge in [0, 0.05) is 23.6 Å². The lowest BCUT2D eigenvalue weighted by Crippen LogP contribution is -2.15. The third kappa shape index (κ3) is 2.24. The van der Waals surface area contributed by atoms with E-state index in [4.69, 9.17) is 0 Å². The predicted molar refractivity (Wildman–Crippen MR) is 62.1 cm³/mol. The van der Waals surface area contributed by atoms with Crippen molar-refractivity contribution in [2.75, 3.05) is 20.6 Å². The van der Waals surface area contributed by atoms with Crippen LogP contribution in [0.25, 0.3) is 10.9 Å². The molecule has 1 aromatic carbocycles. The monoisotopic (exact) mass is 240 g/mol. The predicted octanol–water partition coefficient (Wildman–Crippen LogP) is 2.26. The highest BCUT2D eigenvalue weighted by atomic mass is 19.1. The molecule has 0 aliphatic carbocycles. The van der Waals surface area contributed by atoms with Gasteiger partial charge < -0.3 is 15.0 Å². The SMILES string of the molecule is CN(C)CCc1c(F)[nH]c2cc(F)cc(O)c12. The first-order valence-corrected chi connectivity index (χ1v) is 5.32. The number of hydrogen-bond donors (Lipinski definition) is 2. The molecule has 92 valence electrons. The molecule has 17 heavy (non-hydrogen) atoms. The van der Waals surface area contributed by atoms with Crippen molar-refractivity contribution in [2.45, 2.75) is 6.42 Å². The molecule has 1 heterocycles. The lowest BCUT2D eigenvalue weighted by Gasteiger charge is -2.08. The van der Waals surface area contributed by atoms with E-state index in [1.807, 2.05) is 19.0 Å². The Morgan fingerprint density at radius 2 is 2.00 bits per heavy atom. The van der Waals surface area contributed by atoms with Gasteiger partial charge in [0.2, 0.25) is 0 Å². The molecule has 0 saturated carbocycles. The van der Waals surface area contributed by atoms with Crippen LogP contribution in [0.15, 0.2) is 12.1 Å². The van der Waals surface area contributed by atoms with Crippen molar-refractivity contribution in [3.05, 3.63) is 29.5 Å². The van der Waals surface area contributed by atoms with Crippen molar-refractivity contribution in [1.82, 2.24) is 9.88 Å². The molecular formula is C12H14F2N2O. The van der Waals surface area contributed by atoms with Crippen molar-refractivity contribution in [1.29, 1.82) is 0 Å². The highest BCUT2D eigenvalue weighted by molar-refractivity contribution is 5.89. The summed E-state index contributed by atoms with van der Waals surface area (Å²) >= 11 is 0. The summed E-state index contributed by atoms with van der Waals surface area (Å²) in [5, 5.41) is 10.0. The van der Waals surface area contributed by atoms with Gasteiger partial charge in [-0.05, 0) is 26.6 Å². The number of aromatic nitrogens is 1. The molecule has 0 unspecified atom stereocenters. The summed E-state index contributed by atoms with van der Waals surface area (Å²) in [5.41, 5.74) is 0.681. The number of aromatic amines is 1. The zero-order valence-corrected chi connectivity index (χ0v) is 9.72. The quantitative estimate of drug-likeness (QED) is 0.863. The van der Waals surface area contributed by atoms with Gasteiger partial charge in [0.15, 0.2) is 5.95 Å². The Morgan fingerprint density at radius 1 is 1.29 bits per heavy atom. The molecular weight excluding hydrogens is 226 g/mol. The molecule has 0 radical (unpaired) electrons. The van der Waals surface area contributed by atoms with E-state index in [0.29, 0.717) is 23.9 Å². The fourth-order valence-corrected chi connectivity index (χ4v) is 1.88. The lowest BCUT2D eigenvalue weighted by molar-refractivity contribution is 0.409. The van der Waals surface area contributed by atoms with E-state index in [-0.39, 0.29) is 11.3 Å². The number of fused-ring (bicyclic) bond motifs is 1. The molecule has 0 fully saturated rings. The van der Waals surface area contributed by atoms with Gasteiger partial charge in [0.05, 0.1) is 5.52 Å². The molecule has 2 aromatic rings. The van der Waals surface area contributed by atoms with Gasteiger partial charge in [-0.1, -0.05) is 0 Å². The third-order valence-corrected chi connectivity index (χ3v) is 2.70. The fourth-order valence-electron chi connectivity index (χ4n) is 1.88. The van der Waals surface area contributed by atoms with Gasteiger partial charge in [-0.2, -0.15) is 4.39 Å². The van der Waals surface area contributed by atoms with Gasteiger partial charge in [0.25, 0.3) is 0 Å². The maximum atomic E-state index is 13.7. The van der Waals surface area contributed by atoms with Gasteiger partial charge in [-0.3, -0.25) is 0 Å². The standard InChI is InChI=1S/C12H14F2N2O/c1-16(2)4-3-8-11-9(15-12(8)14)5-7(13)6-10(11)17/h5-6,15,17H,3-4H2,1-2H3. The lowest BCUT2D eigenvalue weighted by atomic mass is 10.1. The summed E-state index contributed by atoms with van der Waals surface area (Å²) in [6, 6.07) is 2.17. The summed E-state index contributed by atoms with van der Waals surface area (Å²) in [6.45, 7) is 0.653. The Hall–Kier alpha value is -1.62. The van der Waals surface area contributed by atoms with E-state index in [2.05, 4.69) is 4.98 Å². The normalized spacial score (nSPS) is 11.6. The molecule has 2 rings (SSSR count). The number of benzene rings is 1. The fraction of sp³-hybridized carbons (Fsp3) is 0.333. The van der Waals surface area contributed by atoms with E-state index in [1.54, 1.807) is 0 Å². The number of nitrogens with zero attached hydrogens (tertiary/aromatic N) is 1. The molecule has 2 N–H and O–H groups in total. The van der Waals surface area contributed by atoms with E-state index in [9.17, 15) is 13.9 Å². The van der Waals surface area contributed by atoms with Crippen molar-refractivity contribution >= 4 is 10.9 Å². The van der Waals surface area contributed by atoms with Gasteiger partial charge in [-0.25, -0.2) is 4.39 Å². The Balaban J connectivity index is 2.51. The Labute approximate surface area is 97.7 Å². The average Bonchev–Trinajstić information content (AvgIpc) is 2.51. The summed E-state index contributed by atoms with van der Waals surface area (Å²) in [5.74, 6) is -1.33. The molecule has 0 spiro atoms. The van der Waals surface area contributed by atoms with Crippen LogP contribution in [-0.4, -0.2) is 35.6 Å². The first-order valence-electron chi connectivity index (χ1n) is 5.32. The van der Waals surface area contributed by atoms with Crippen LogP contribution in [0.4, 0.5) is 8.78 Å². The Morgan fingerprint density at radius 3 is 2.65 bits per heavy atom. The smallest absolute Gasteiger partial charge is 0.195 e.